The number of hydrogen-bond acceptors (Lipinski definition) is 5. The lowest BCUT2D eigenvalue weighted by Crippen LogP contribution is -2.14. The van der Waals surface area contributed by atoms with E-state index < -0.39 is 0 Å². The van der Waals surface area contributed by atoms with Crippen molar-refractivity contribution in [3.8, 4) is 0 Å². The van der Waals surface area contributed by atoms with E-state index in [-0.39, 0.29) is 5.56 Å². The second-order valence-corrected chi connectivity index (χ2v) is 4.32. The number of nitrogen functional groups attached to an aromatic ring is 1. The highest BCUT2D eigenvalue weighted by molar-refractivity contribution is 5.77. The van der Waals surface area contributed by atoms with Crippen LogP contribution < -0.4 is 16.6 Å². The molecule has 0 radical (unpaired) electrons. The van der Waals surface area contributed by atoms with Crippen molar-refractivity contribution in [2.45, 2.75) is 6.54 Å². The number of anilines is 2. The predicted octanol–water partition coefficient (Wildman–Crippen LogP) is 1.51. The molecule has 0 aliphatic rings. The monoisotopic (exact) mass is 267 g/mol. The second kappa shape index (κ2) is 5.00. The third-order valence-electron chi connectivity index (χ3n) is 2.95. The first-order valence-corrected chi connectivity index (χ1v) is 6.16. The predicted molar refractivity (Wildman–Crippen MR) is 78.3 cm³/mol. The number of fused-ring (bicyclic) bond motifs is 1. The van der Waals surface area contributed by atoms with E-state index in [4.69, 9.17) is 5.73 Å². The molecule has 0 bridgehead atoms. The Morgan fingerprint density at radius 2 is 2.05 bits per heavy atom. The van der Waals surface area contributed by atoms with Crippen LogP contribution in [0.4, 0.5) is 11.5 Å². The summed E-state index contributed by atoms with van der Waals surface area (Å²) >= 11 is 0. The summed E-state index contributed by atoms with van der Waals surface area (Å²) in [7, 11) is 0. The molecular formula is C14H13N5O. The summed E-state index contributed by atoms with van der Waals surface area (Å²) in [5.74, 6) is 0.965. The van der Waals surface area contributed by atoms with E-state index >= 15 is 0 Å². The van der Waals surface area contributed by atoms with Crippen LogP contribution in [0, 0.1) is 0 Å². The van der Waals surface area contributed by atoms with Crippen molar-refractivity contribution in [1.82, 2.24) is 15.0 Å². The van der Waals surface area contributed by atoms with Crippen LogP contribution in [0.1, 0.15) is 5.82 Å². The van der Waals surface area contributed by atoms with Crippen LogP contribution in [0.5, 0.6) is 0 Å². The Morgan fingerprint density at radius 1 is 1.20 bits per heavy atom. The van der Waals surface area contributed by atoms with E-state index in [1.54, 1.807) is 18.3 Å². The van der Waals surface area contributed by atoms with E-state index in [0.29, 0.717) is 34.8 Å². The minimum Gasteiger partial charge on any atom is -0.382 e. The lowest BCUT2D eigenvalue weighted by Gasteiger charge is -2.08. The Kier molecular flexibility index (Phi) is 3.04. The molecule has 0 fully saturated rings. The first-order valence-electron chi connectivity index (χ1n) is 6.16. The maximum atomic E-state index is 11.9. The molecule has 6 heteroatoms. The summed E-state index contributed by atoms with van der Waals surface area (Å²) in [5.41, 5.74) is 6.98. The van der Waals surface area contributed by atoms with Gasteiger partial charge in [0, 0.05) is 6.20 Å². The maximum Gasteiger partial charge on any atom is 0.258 e. The molecule has 0 amide bonds. The molecule has 1 aromatic carbocycles. The largest absolute Gasteiger partial charge is 0.382 e. The molecule has 6 nitrogen and oxygen atoms in total. The van der Waals surface area contributed by atoms with Gasteiger partial charge < -0.3 is 16.0 Å². The quantitative estimate of drug-likeness (QED) is 0.668. The fourth-order valence-corrected chi connectivity index (χ4v) is 1.96. The van der Waals surface area contributed by atoms with Gasteiger partial charge in [0.1, 0.15) is 11.6 Å². The first kappa shape index (κ1) is 12.2. The van der Waals surface area contributed by atoms with Crippen molar-refractivity contribution >= 4 is 22.4 Å². The average molecular weight is 267 g/mol. The van der Waals surface area contributed by atoms with Crippen LogP contribution in [0.2, 0.25) is 0 Å². The number of para-hydroxylation sites is 1. The number of nitrogens with one attached hydrogen (secondary N) is 2. The van der Waals surface area contributed by atoms with Gasteiger partial charge in [-0.05, 0) is 24.3 Å². The zero-order valence-electron chi connectivity index (χ0n) is 10.6. The number of nitrogens with zero attached hydrogens (tertiary/aromatic N) is 2. The van der Waals surface area contributed by atoms with E-state index in [1.165, 1.54) is 0 Å². The van der Waals surface area contributed by atoms with E-state index in [9.17, 15) is 4.79 Å². The Hall–Kier alpha value is -2.89. The highest BCUT2D eigenvalue weighted by atomic mass is 16.1. The molecule has 0 aliphatic carbocycles. The molecule has 0 saturated heterocycles. The summed E-state index contributed by atoms with van der Waals surface area (Å²) in [6, 6.07) is 10.8. The SMILES string of the molecule is Nc1ncccc1NCc1nc2ccccc2c(=O)[nH]1. The van der Waals surface area contributed by atoms with Gasteiger partial charge in [0.2, 0.25) is 0 Å². The van der Waals surface area contributed by atoms with Crippen molar-refractivity contribution in [3.05, 3.63) is 58.8 Å². The maximum absolute atomic E-state index is 11.9. The zero-order chi connectivity index (χ0) is 13.9. The van der Waals surface area contributed by atoms with Crippen LogP contribution in [0.3, 0.4) is 0 Å². The second-order valence-electron chi connectivity index (χ2n) is 4.32. The zero-order valence-corrected chi connectivity index (χ0v) is 10.6. The van der Waals surface area contributed by atoms with Gasteiger partial charge in [0.05, 0.1) is 23.1 Å². The molecule has 4 N–H and O–H groups in total. The third kappa shape index (κ3) is 2.31. The summed E-state index contributed by atoms with van der Waals surface area (Å²) in [5, 5.41) is 3.68. The Morgan fingerprint density at radius 3 is 2.90 bits per heavy atom. The summed E-state index contributed by atoms with van der Waals surface area (Å²) in [6.45, 7) is 0.371. The summed E-state index contributed by atoms with van der Waals surface area (Å²) in [6.07, 6.45) is 1.62. The van der Waals surface area contributed by atoms with Gasteiger partial charge in [-0.1, -0.05) is 12.1 Å². The van der Waals surface area contributed by atoms with Crippen LogP contribution in [-0.4, -0.2) is 15.0 Å². The van der Waals surface area contributed by atoms with Crippen molar-refractivity contribution in [2.75, 3.05) is 11.1 Å². The minimum atomic E-state index is -0.147. The Bertz CT molecular complexity index is 812. The smallest absolute Gasteiger partial charge is 0.258 e. The molecule has 3 rings (SSSR count). The molecular weight excluding hydrogens is 254 g/mol. The number of hydrogen-bond donors (Lipinski definition) is 3. The van der Waals surface area contributed by atoms with Crippen molar-refractivity contribution in [3.63, 3.8) is 0 Å². The van der Waals surface area contributed by atoms with Gasteiger partial charge in [0.15, 0.2) is 0 Å². The standard InChI is InChI=1S/C14H13N5O/c15-13-11(6-3-7-16-13)17-8-12-18-10-5-2-1-4-9(10)14(20)19-12/h1-7,17H,8H2,(H2,15,16)(H,18,19,20). The van der Waals surface area contributed by atoms with Gasteiger partial charge in [0.25, 0.3) is 5.56 Å². The number of aromatic nitrogens is 3. The van der Waals surface area contributed by atoms with Crippen LogP contribution >= 0.6 is 0 Å². The lowest BCUT2D eigenvalue weighted by atomic mass is 10.2. The third-order valence-corrected chi connectivity index (χ3v) is 2.95. The molecule has 0 saturated carbocycles. The number of pyridine rings is 1. The number of benzene rings is 1. The van der Waals surface area contributed by atoms with Crippen LogP contribution in [-0.2, 0) is 6.54 Å². The lowest BCUT2D eigenvalue weighted by molar-refractivity contribution is 0.952. The Labute approximate surface area is 114 Å². The topological polar surface area (TPSA) is 96.7 Å². The molecule has 0 atom stereocenters. The molecule has 0 unspecified atom stereocenters. The number of H-pyrrole nitrogens is 1. The van der Waals surface area contributed by atoms with Crippen molar-refractivity contribution in [2.24, 2.45) is 0 Å². The van der Waals surface area contributed by atoms with Gasteiger partial charge in [-0.15, -0.1) is 0 Å². The Balaban J connectivity index is 1.88. The molecule has 3 aromatic rings. The number of nitrogens with two attached hydrogens (primary N) is 1. The highest BCUT2D eigenvalue weighted by Gasteiger charge is 2.04. The van der Waals surface area contributed by atoms with Crippen LogP contribution in [0.25, 0.3) is 10.9 Å². The van der Waals surface area contributed by atoms with Gasteiger partial charge in [-0.3, -0.25) is 4.79 Å². The van der Waals surface area contributed by atoms with E-state index in [2.05, 4.69) is 20.3 Å². The average Bonchev–Trinajstić information content (AvgIpc) is 2.46. The molecule has 0 spiro atoms. The number of rotatable bonds is 3. The number of aromatic amines is 1. The van der Waals surface area contributed by atoms with Crippen molar-refractivity contribution < 1.29 is 0 Å². The summed E-state index contributed by atoms with van der Waals surface area (Å²) < 4.78 is 0. The fraction of sp³-hybridized carbons (Fsp3) is 0.0714. The molecule has 20 heavy (non-hydrogen) atoms. The van der Waals surface area contributed by atoms with E-state index in [0.717, 1.165) is 0 Å². The normalized spacial score (nSPS) is 10.6. The van der Waals surface area contributed by atoms with Gasteiger partial charge in [-0.2, -0.15) is 0 Å². The fourth-order valence-electron chi connectivity index (χ4n) is 1.96. The molecule has 2 aromatic heterocycles. The first-order chi connectivity index (χ1) is 9.74. The van der Waals surface area contributed by atoms with E-state index in [1.807, 2.05) is 24.3 Å². The molecule has 100 valence electrons. The van der Waals surface area contributed by atoms with Crippen molar-refractivity contribution in [1.29, 1.82) is 0 Å². The molecule has 2 heterocycles. The van der Waals surface area contributed by atoms with Crippen LogP contribution in [0.15, 0.2) is 47.4 Å². The summed E-state index contributed by atoms with van der Waals surface area (Å²) in [4.78, 5) is 23.1. The minimum absolute atomic E-state index is 0.147. The highest BCUT2D eigenvalue weighted by Crippen LogP contribution is 2.14. The molecule has 0 aliphatic heterocycles. The van der Waals surface area contributed by atoms with Gasteiger partial charge in [-0.25, -0.2) is 9.97 Å². The van der Waals surface area contributed by atoms with Gasteiger partial charge >= 0.3 is 0 Å².